The summed E-state index contributed by atoms with van der Waals surface area (Å²) >= 11 is 0. The molecule has 19 heavy (non-hydrogen) atoms. The molecule has 0 aliphatic heterocycles. The number of aryl methyl sites for hydroxylation is 1. The van der Waals surface area contributed by atoms with Gasteiger partial charge >= 0.3 is 0 Å². The minimum atomic E-state index is -0.193. The maximum Gasteiger partial charge on any atom is 0.259 e. The Bertz CT molecular complexity index is 572. The van der Waals surface area contributed by atoms with Crippen molar-refractivity contribution in [1.29, 1.82) is 0 Å². The quantitative estimate of drug-likeness (QED) is 0.878. The first-order chi connectivity index (χ1) is 9.11. The molecule has 0 aliphatic rings. The molecule has 102 valence electrons. The van der Waals surface area contributed by atoms with Crippen molar-refractivity contribution in [1.82, 2.24) is 19.6 Å². The zero-order valence-electron chi connectivity index (χ0n) is 11.3. The van der Waals surface area contributed by atoms with E-state index in [4.69, 9.17) is 4.74 Å². The molecule has 0 unspecified atom stereocenters. The van der Waals surface area contributed by atoms with Crippen molar-refractivity contribution < 1.29 is 9.53 Å². The summed E-state index contributed by atoms with van der Waals surface area (Å²) in [5, 5.41) is 10.9. The van der Waals surface area contributed by atoms with Crippen LogP contribution in [0.4, 0.5) is 5.69 Å². The van der Waals surface area contributed by atoms with Crippen LogP contribution in [0.3, 0.4) is 0 Å². The number of amides is 1. The van der Waals surface area contributed by atoms with Crippen LogP contribution in [0.2, 0.25) is 0 Å². The van der Waals surface area contributed by atoms with Gasteiger partial charge in [-0.25, -0.2) is 4.68 Å². The largest absolute Gasteiger partial charge is 0.360 e. The second-order valence-electron chi connectivity index (χ2n) is 4.11. The highest BCUT2D eigenvalue weighted by Gasteiger charge is 2.13. The van der Waals surface area contributed by atoms with Crippen LogP contribution in [0.1, 0.15) is 23.0 Å². The average Bonchev–Trinajstić information content (AvgIpc) is 2.95. The fourth-order valence-corrected chi connectivity index (χ4v) is 1.60. The van der Waals surface area contributed by atoms with E-state index in [1.807, 2.05) is 13.8 Å². The zero-order chi connectivity index (χ0) is 13.8. The molecular formula is C12H17N5O2. The first-order valence-corrected chi connectivity index (χ1v) is 6.02. The van der Waals surface area contributed by atoms with Gasteiger partial charge in [0.05, 0.1) is 29.8 Å². The van der Waals surface area contributed by atoms with Crippen molar-refractivity contribution in [2.45, 2.75) is 20.6 Å². The molecule has 0 aliphatic carbocycles. The second kappa shape index (κ2) is 5.66. The van der Waals surface area contributed by atoms with Gasteiger partial charge in [0, 0.05) is 19.3 Å². The standard InChI is InChI=1S/C12H17N5O2/c1-4-19-8-17-7-10(5-14-17)15-12(18)11-6-13-16(3)9(11)2/h5-7H,4,8H2,1-3H3,(H,15,18). The number of carbonyl (C=O) groups is 1. The van der Waals surface area contributed by atoms with Gasteiger partial charge in [-0.15, -0.1) is 0 Å². The molecule has 2 heterocycles. The highest BCUT2D eigenvalue weighted by Crippen LogP contribution is 2.11. The van der Waals surface area contributed by atoms with Crippen LogP contribution in [0, 0.1) is 6.92 Å². The van der Waals surface area contributed by atoms with Gasteiger partial charge in [-0.05, 0) is 13.8 Å². The van der Waals surface area contributed by atoms with Crippen molar-refractivity contribution >= 4 is 11.6 Å². The first-order valence-electron chi connectivity index (χ1n) is 6.02. The molecule has 0 bridgehead atoms. The molecule has 0 radical (unpaired) electrons. The Morgan fingerprint density at radius 2 is 2.21 bits per heavy atom. The molecule has 0 spiro atoms. The van der Waals surface area contributed by atoms with E-state index in [1.54, 1.807) is 35.0 Å². The van der Waals surface area contributed by atoms with Gasteiger partial charge in [0.2, 0.25) is 0 Å². The topological polar surface area (TPSA) is 74.0 Å². The van der Waals surface area contributed by atoms with Crippen molar-refractivity contribution in [3.05, 3.63) is 29.8 Å². The number of nitrogens with zero attached hydrogens (tertiary/aromatic N) is 4. The van der Waals surface area contributed by atoms with Crippen molar-refractivity contribution in [3.63, 3.8) is 0 Å². The van der Waals surface area contributed by atoms with Crippen LogP contribution in [0.5, 0.6) is 0 Å². The van der Waals surface area contributed by atoms with Gasteiger partial charge in [-0.2, -0.15) is 10.2 Å². The molecular weight excluding hydrogens is 246 g/mol. The van der Waals surface area contributed by atoms with Crippen LogP contribution in [0.25, 0.3) is 0 Å². The van der Waals surface area contributed by atoms with Crippen molar-refractivity contribution in [2.75, 3.05) is 11.9 Å². The molecule has 1 amide bonds. The van der Waals surface area contributed by atoms with Gasteiger partial charge in [0.15, 0.2) is 0 Å². The van der Waals surface area contributed by atoms with Crippen LogP contribution >= 0.6 is 0 Å². The summed E-state index contributed by atoms with van der Waals surface area (Å²) in [4.78, 5) is 12.0. The number of hydrogen-bond donors (Lipinski definition) is 1. The number of carbonyl (C=O) groups excluding carboxylic acids is 1. The predicted molar refractivity (Wildman–Crippen MR) is 69.8 cm³/mol. The molecule has 2 aromatic heterocycles. The monoisotopic (exact) mass is 263 g/mol. The number of aromatic nitrogens is 4. The number of hydrogen-bond acceptors (Lipinski definition) is 4. The predicted octanol–water partition coefficient (Wildman–Crippen LogP) is 1.17. The van der Waals surface area contributed by atoms with Crippen LogP contribution in [-0.2, 0) is 18.5 Å². The summed E-state index contributed by atoms with van der Waals surface area (Å²) in [6, 6.07) is 0. The highest BCUT2D eigenvalue weighted by molar-refractivity contribution is 6.04. The fourth-order valence-electron chi connectivity index (χ4n) is 1.60. The molecule has 0 aromatic carbocycles. The molecule has 0 atom stereocenters. The SMILES string of the molecule is CCOCn1cc(NC(=O)c2cnn(C)c2C)cn1. The lowest BCUT2D eigenvalue weighted by molar-refractivity contribution is 0.0792. The average molecular weight is 263 g/mol. The summed E-state index contributed by atoms with van der Waals surface area (Å²) in [6.45, 7) is 4.76. The van der Waals surface area contributed by atoms with Crippen LogP contribution < -0.4 is 5.32 Å². The third-order valence-electron chi connectivity index (χ3n) is 2.80. The Hall–Kier alpha value is -2.15. The summed E-state index contributed by atoms with van der Waals surface area (Å²) < 4.78 is 8.50. The fraction of sp³-hybridized carbons (Fsp3) is 0.417. The first kappa shape index (κ1) is 13.3. The summed E-state index contributed by atoms with van der Waals surface area (Å²) in [6.07, 6.45) is 4.86. The Labute approximate surface area is 111 Å². The van der Waals surface area contributed by atoms with Gasteiger partial charge in [-0.3, -0.25) is 9.48 Å². The Balaban J connectivity index is 2.03. The van der Waals surface area contributed by atoms with E-state index < -0.39 is 0 Å². The normalized spacial score (nSPS) is 10.7. The number of anilines is 1. The number of ether oxygens (including phenoxy) is 1. The minimum absolute atomic E-state index is 0.193. The summed E-state index contributed by atoms with van der Waals surface area (Å²) in [5.74, 6) is -0.193. The van der Waals surface area contributed by atoms with Gasteiger partial charge in [0.1, 0.15) is 6.73 Å². The minimum Gasteiger partial charge on any atom is -0.360 e. The van der Waals surface area contributed by atoms with Gasteiger partial charge in [-0.1, -0.05) is 0 Å². The maximum absolute atomic E-state index is 12.0. The van der Waals surface area contributed by atoms with E-state index in [-0.39, 0.29) is 5.91 Å². The molecule has 7 heteroatoms. The van der Waals surface area contributed by atoms with E-state index in [9.17, 15) is 4.79 Å². The van der Waals surface area contributed by atoms with Crippen molar-refractivity contribution in [3.8, 4) is 0 Å². The Morgan fingerprint density at radius 3 is 2.84 bits per heavy atom. The molecule has 2 rings (SSSR count). The van der Waals surface area contributed by atoms with E-state index in [0.717, 1.165) is 5.69 Å². The van der Waals surface area contributed by atoms with Crippen molar-refractivity contribution in [2.24, 2.45) is 7.05 Å². The van der Waals surface area contributed by atoms with E-state index in [1.165, 1.54) is 0 Å². The molecule has 0 saturated carbocycles. The molecule has 1 N–H and O–H groups in total. The lowest BCUT2D eigenvalue weighted by Gasteiger charge is -2.02. The Morgan fingerprint density at radius 1 is 1.42 bits per heavy atom. The zero-order valence-corrected chi connectivity index (χ0v) is 11.3. The lowest BCUT2D eigenvalue weighted by Crippen LogP contribution is -2.12. The smallest absolute Gasteiger partial charge is 0.259 e. The lowest BCUT2D eigenvalue weighted by atomic mass is 10.2. The second-order valence-corrected chi connectivity index (χ2v) is 4.11. The number of nitrogens with one attached hydrogen (secondary N) is 1. The molecule has 7 nitrogen and oxygen atoms in total. The molecule has 0 saturated heterocycles. The highest BCUT2D eigenvalue weighted by atomic mass is 16.5. The maximum atomic E-state index is 12.0. The van der Waals surface area contributed by atoms with Gasteiger partial charge < -0.3 is 10.1 Å². The molecule has 2 aromatic rings. The summed E-state index contributed by atoms with van der Waals surface area (Å²) in [5.41, 5.74) is 2.01. The summed E-state index contributed by atoms with van der Waals surface area (Å²) in [7, 11) is 1.80. The third-order valence-corrected chi connectivity index (χ3v) is 2.80. The van der Waals surface area contributed by atoms with Gasteiger partial charge in [0.25, 0.3) is 5.91 Å². The molecule has 0 fully saturated rings. The van der Waals surface area contributed by atoms with Crippen LogP contribution in [-0.4, -0.2) is 32.1 Å². The third kappa shape index (κ3) is 3.00. The Kier molecular flexibility index (Phi) is 3.96. The van der Waals surface area contributed by atoms with E-state index in [2.05, 4.69) is 15.5 Å². The van der Waals surface area contributed by atoms with E-state index in [0.29, 0.717) is 24.6 Å². The number of rotatable bonds is 5. The van der Waals surface area contributed by atoms with E-state index >= 15 is 0 Å². The van der Waals surface area contributed by atoms with Crippen LogP contribution in [0.15, 0.2) is 18.6 Å².